The molecule has 0 saturated carbocycles. The van der Waals surface area contributed by atoms with Gasteiger partial charge in [-0.05, 0) is 50.3 Å². The number of carbonyl (C=O) groups excluding carboxylic acids is 1. The molecule has 1 N–H and O–H groups in total. The van der Waals surface area contributed by atoms with E-state index in [0.29, 0.717) is 19.1 Å². The van der Waals surface area contributed by atoms with Crippen molar-refractivity contribution < 1.29 is 4.79 Å². The first-order chi connectivity index (χ1) is 14.6. The van der Waals surface area contributed by atoms with Crippen molar-refractivity contribution in [3.63, 3.8) is 0 Å². The number of fused-ring (bicyclic) bond motifs is 1. The van der Waals surface area contributed by atoms with Crippen LogP contribution in [0.5, 0.6) is 0 Å². The maximum absolute atomic E-state index is 12.5. The van der Waals surface area contributed by atoms with Crippen LogP contribution in [-0.2, 0) is 37.4 Å². The lowest BCUT2D eigenvalue weighted by molar-refractivity contribution is -0.122. The standard InChI is InChI=1S/C23H33N5O2/c1-18-7-4-6-13-26(18)16-20-11-9-19(10-12-20)15-24-22(29)17-28-23(30)27-14-5-2-3-8-21(27)25-28/h9-12,18H,2-8,13-17H2,1H3,(H,24,29). The number of amides is 1. The summed E-state index contributed by atoms with van der Waals surface area (Å²) in [5.41, 5.74) is 2.20. The van der Waals surface area contributed by atoms with Gasteiger partial charge in [0.1, 0.15) is 12.4 Å². The molecule has 30 heavy (non-hydrogen) atoms. The highest BCUT2D eigenvalue weighted by atomic mass is 16.2. The van der Waals surface area contributed by atoms with Gasteiger partial charge >= 0.3 is 5.69 Å². The Morgan fingerprint density at radius 2 is 1.83 bits per heavy atom. The Bertz CT molecular complexity index is 915. The summed E-state index contributed by atoms with van der Waals surface area (Å²) in [5, 5.41) is 7.30. The molecule has 1 atom stereocenters. The fraction of sp³-hybridized carbons (Fsp3) is 0.609. The van der Waals surface area contributed by atoms with E-state index in [1.807, 2.05) is 0 Å². The summed E-state index contributed by atoms with van der Waals surface area (Å²) in [5.74, 6) is 0.625. The molecule has 1 aromatic carbocycles. The highest BCUT2D eigenvalue weighted by Gasteiger charge is 2.19. The summed E-state index contributed by atoms with van der Waals surface area (Å²) in [6.07, 6.45) is 7.90. The van der Waals surface area contributed by atoms with Crippen LogP contribution >= 0.6 is 0 Å². The molecule has 2 aromatic rings. The van der Waals surface area contributed by atoms with E-state index in [4.69, 9.17) is 0 Å². The molecule has 0 bridgehead atoms. The van der Waals surface area contributed by atoms with Gasteiger partial charge in [0, 0.05) is 32.1 Å². The van der Waals surface area contributed by atoms with Crippen molar-refractivity contribution in [3.05, 3.63) is 51.7 Å². The fourth-order valence-corrected chi connectivity index (χ4v) is 4.51. The second-order valence-corrected chi connectivity index (χ2v) is 8.73. The highest BCUT2D eigenvalue weighted by Crippen LogP contribution is 2.19. The van der Waals surface area contributed by atoms with Gasteiger partial charge in [0.15, 0.2) is 0 Å². The second-order valence-electron chi connectivity index (χ2n) is 8.73. The maximum Gasteiger partial charge on any atom is 0.346 e. The normalized spacial score (nSPS) is 19.8. The Kier molecular flexibility index (Phi) is 6.67. The Labute approximate surface area is 178 Å². The predicted molar refractivity (Wildman–Crippen MR) is 116 cm³/mol. The van der Waals surface area contributed by atoms with Crippen molar-refractivity contribution in [1.29, 1.82) is 0 Å². The number of carbonyl (C=O) groups is 1. The molecule has 1 unspecified atom stereocenters. The quantitative estimate of drug-likeness (QED) is 0.793. The molecule has 1 aromatic heterocycles. The molecule has 1 amide bonds. The number of nitrogens with one attached hydrogen (secondary N) is 1. The molecular formula is C23H33N5O2. The molecule has 7 heteroatoms. The van der Waals surface area contributed by atoms with E-state index < -0.39 is 0 Å². The molecular weight excluding hydrogens is 378 g/mol. The minimum Gasteiger partial charge on any atom is -0.350 e. The van der Waals surface area contributed by atoms with Crippen molar-refractivity contribution in [2.45, 2.75) is 84.1 Å². The number of piperidine rings is 1. The van der Waals surface area contributed by atoms with Crippen molar-refractivity contribution in [2.24, 2.45) is 0 Å². The third-order valence-corrected chi connectivity index (χ3v) is 6.41. The molecule has 2 aliphatic heterocycles. The SMILES string of the molecule is CC1CCCCN1Cc1ccc(CNC(=O)Cn2nc3n(c2=O)CCCCC3)cc1. The third kappa shape index (κ3) is 5.01. The van der Waals surface area contributed by atoms with Crippen molar-refractivity contribution in [3.8, 4) is 0 Å². The molecule has 2 aliphatic rings. The lowest BCUT2D eigenvalue weighted by Gasteiger charge is -2.33. The number of benzene rings is 1. The van der Waals surface area contributed by atoms with E-state index in [9.17, 15) is 9.59 Å². The number of nitrogens with zero attached hydrogens (tertiary/aromatic N) is 4. The lowest BCUT2D eigenvalue weighted by Crippen LogP contribution is -2.36. The van der Waals surface area contributed by atoms with Crippen LogP contribution in [-0.4, -0.2) is 37.7 Å². The summed E-state index contributed by atoms with van der Waals surface area (Å²) in [6.45, 7) is 5.62. The van der Waals surface area contributed by atoms with Gasteiger partial charge in [0.05, 0.1) is 0 Å². The van der Waals surface area contributed by atoms with Crippen molar-refractivity contribution in [2.75, 3.05) is 6.54 Å². The topological polar surface area (TPSA) is 72.2 Å². The molecule has 0 spiro atoms. The van der Waals surface area contributed by atoms with E-state index >= 15 is 0 Å². The zero-order valence-corrected chi connectivity index (χ0v) is 18.0. The number of hydrogen-bond acceptors (Lipinski definition) is 4. The average Bonchev–Trinajstić information content (AvgIpc) is 2.91. The summed E-state index contributed by atoms with van der Waals surface area (Å²) in [7, 11) is 0. The Morgan fingerprint density at radius 3 is 2.63 bits per heavy atom. The Hall–Kier alpha value is -2.41. The van der Waals surface area contributed by atoms with Gasteiger partial charge in [0.2, 0.25) is 5.91 Å². The molecule has 3 heterocycles. The van der Waals surface area contributed by atoms with E-state index in [0.717, 1.165) is 43.6 Å². The van der Waals surface area contributed by atoms with Crippen molar-refractivity contribution in [1.82, 2.24) is 24.6 Å². The first-order valence-corrected chi connectivity index (χ1v) is 11.4. The summed E-state index contributed by atoms with van der Waals surface area (Å²) in [4.78, 5) is 27.4. The number of aryl methyl sites for hydroxylation is 1. The van der Waals surface area contributed by atoms with E-state index in [1.54, 1.807) is 4.57 Å². The van der Waals surface area contributed by atoms with Gasteiger partial charge in [-0.1, -0.05) is 37.1 Å². The number of hydrogen-bond donors (Lipinski definition) is 1. The van der Waals surface area contributed by atoms with E-state index in [-0.39, 0.29) is 18.1 Å². The minimum atomic E-state index is -0.184. The zero-order chi connectivity index (χ0) is 20.9. The molecule has 162 valence electrons. The first kappa shape index (κ1) is 20.8. The van der Waals surface area contributed by atoms with Gasteiger partial charge in [0.25, 0.3) is 0 Å². The predicted octanol–water partition coefficient (Wildman–Crippen LogP) is 2.46. The molecule has 0 radical (unpaired) electrons. The van der Waals surface area contributed by atoms with Crippen LogP contribution in [0, 0.1) is 0 Å². The molecule has 1 saturated heterocycles. The van der Waals surface area contributed by atoms with Gasteiger partial charge in [-0.25, -0.2) is 9.48 Å². The molecule has 7 nitrogen and oxygen atoms in total. The van der Waals surface area contributed by atoms with Gasteiger partial charge in [-0.3, -0.25) is 14.3 Å². The van der Waals surface area contributed by atoms with Crippen LogP contribution < -0.4 is 11.0 Å². The largest absolute Gasteiger partial charge is 0.350 e. The Morgan fingerprint density at radius 1 is 1.07 bits per heavy atom. The summed E-state index contributed by atoms with van der Waals surface area (Å²) < 4.78 is 3.03. The van der Waals surface area contributed by atoms with E-state index in [1.165, 1.54) is 36.1 Å². The summed E-state index contributed by atoms with van der Waals surface area (Å²) in [6, 6.07) is 9.11. The van der Waals surface area contributed by atoms with Crippen molar-refractivity contribution >= 4 is 5.91 Å². The summed E-state index contributed by atoms with van der Waals surface area (Å²) >= 11 is 0. The van der Waals surface area contributed by atoms with E-state index in [2.05, 4.69) is 46.5 Å². The monoisotopic (exact) mass is 411 g/mol. The van der Waals surface area contributed by atoms with Gasteiger partial charge in [-0.2, -0.15) is 5.10 Å². The second kappa shape index (κ2) is 9.60. The average molecular weight is 412 g/mol. The lowest BCUT2D eigenvalue weighted by atomic mass is 10.0. The molecule has 4 rings (SSSR count). The highest BCUT2D eigenvalue weighted by molar-refractivity contribution is 5.75. The number of likely N-dealkylation sites (tertiary alicyclic amines) is 1. The molecule has 0 aliphatic carbocycles. The minimum absolute atomic E-state index is 0.0240. The van der Waals surface area contributed by atoms with Crippen LogP contribution in [0.1, 0.15) is 62.4 Å². The fourth-order valence-electron chi connectivity index (χ4n) is 4.51. The number of rotatable bonds is 6. The molecule has 1 fully saturated rings. The first-order valence-electron chi connectivity index (χ1n) is 11.4. The van der Waals surface area contributed by atoms with Crippen LogP contribution in [0.4, 0.5) is 0 Å². The smallest absolute Gasteiger partial charge is 0.346 e. The third-order valence-electron chi connectivity index (χ3n) is 6.41. The van der Waals surface area contributed by atoms with Crippen LogP contribution in [0.3, 0.4) is 0 Å². The van der Waals surface area contributed by atoms with Gasteiger partial charge in [-0.15, -0.1) is 0 Å². The van der Waals surface area contributed by atoms with Crippen LogP contribution in [0.15, 0.2) is 29.1 Å². The maximum atomic E-state index is 12.5. The van der Waals surface area contributed by atoms with Gasteiger partial charge < -0.3 is 5.32 Å². The number of aromatic nitrogens is 3. The van der Waals surface area contributed by atoms with Crippen LogP contribution in [0.2, 0.25) is 0 Å². The zero-order valence-electron chi connectivity index (χ0n) is 18.0. The van der Waals surface area contributed by atoms with Crippen LogP contribution in [0.25, 0.3) is 0 Å². The Balaban J connectivity index is 1.28.